The predicted octanol–water partition coefficient (Wildman–Crippen LogP) is 4.91. The number of ether oxygens (including phenoxy) is 4. The van der Waals surface area contributed by atoms with Crippen LogP contribution >= 0.6 is 0 Å². The molecule has 0 N–H and O–H groups in total. The van der Waals surface area contributed by atoms with Crippen molar-refractivity contribution in [3.8, 4) is 11.8 Å². The lowest BCUT2D eigenvalue weighted by molar-refractivity contribution is -0.0548. The first-order chi connectivity index (χ1) is 11.8. The van der Waals surface area contributed by atoms with Crippen LogP contribution in [0.1, 0.15) is 77.6 Å². The third kappa shape index (κ3) is 17.7. The van der Waals surface area contributed by atoms with Gasteiger partial charge in [0.1, 0.15) is 19.7 Å². The smallest absolute Gasteiger partial charge is 0.148 e. The fourth-order valence-corrected chi connectivity index (χ4v) is 2.38. The van der Waals surface area contributed by atoms with Crippen LogP contribution in [0.5, 0.6) is 0 Å². The highest BCUT2D eigenvalue weighted by atomic mass is 16.7. The average Bonchev–Trinajstić information content (AvgIpc) is 2.60. The first-order valence-electron chi connectivity index (χ1n) is 9.50. The molecule has 0 aliphatic rings. The van der Waals surface area contributed by atoms with Crippen LogP contribution in [0.15, 0.2) is 0 Å². The standard InChI is InChI=1S/C20H38O4/c1-4-5-12-15-20(24-19-22-3)16-13-10-8-6-7-9-11-14-17-23-18-21-2/h20H,4-12,14-15,17-19H2,1-3H3/t20-/m0/s1. The van der Waals surface area contributed by atoms with Crippen molar-refractivity contribution in [1.29, 1.82) is 0 Å². The molecule has 0 radical (unpaired) electrons. The van der Waals surface area contributed by atoms with Crippen molar-refractivity contribution in [2.24, 2.45) is 0 Å². The minimum Gasteiger partial charge on any atom is -0.359 e. The Bertz CT molecular complexity index is 296. The third-order valence-corrected chi connectivity index (χ3v) is 3.76. The van der Waals surface area contributed by atoms with Crippen LogP contribution in [-0.2, 0) is 18.9 Å². The lowest BCUT2D eigenvalue weighted by Crippen LogP contribution is -2.12. The quantitative estimate of drug-likeness (QED) is 0.214. The maximum atomic E-state index is 5.62. The zero-order valence-corrected chi connectivity index (χ0v) is 16.1. The molecule has 0 unspecified atom stereocenters. The van der Waals surface area contributed by atoms with E-state index >= 15 is 0 Å². The second-order valence-corrected chi connectivity index (χ2v) is 6.06. The van der Waals surface area contributed by atoms with Gasteiger partial charge >= 0.3 is 0 Å². The molecule has 0 saturated carbocycles. The molecule has 0 spiro atoms. The van der Waals surface area contributed by atoms with E-state index < -0.39 is 0 Å². The summed E-state index contributed by atoms with van der Waals surface area (Å²) in [7, 11) is 3.31. The summed E-state index contributed by atoms with van der Waals surface area (Å²) in [5.74, 6) is 6.55. The zero-order chi connectivity index (χ0) is 17.7. The van der Waals surface area contributed by atoms with E-state index in [1.54, 1.807) is 14.2 Å². The van der Waals surface area contributed by atoms with Crippen molar-refractivity contribution in [3.63, 3.8) is 0 Å². The Balaban J connectivity index is 3.55. The van der Waals surface area contributed by atoms with E-state index in [2.05, 4.69) is 18.8 Å². The molecule has 0 aliphatic carbocycles. The number of unbranched alkanes of at least 4 members (excludes halogenated alkanes) is 8. The maximum absolute atomic E-state index is 5.62. The Labute approximate surface area is 149 Å². The molecule has 0 aromatic rings. The molecule has 4 heteroatoms. The summed E-state index contributed by atoms with van der Waals surface area (Å²) < 4.78 is 20.7. The van der Waals surface area contributed by atoms with Crippen LogP contribution in [0.2, 0.25) is 0 Å². The lowest BCUT2D eigenvalue weighted by Gasteiger charge is -2.10. The highest BCUT2D eigenvalue weighted by Crippen LogP contribution is 2.08. The second kappa shape index (κ2) is 20.4. The van der Waals surface area contributed by atoms with E-state index in [0.29, 0.717) is 13.6 Å². The van der Waals surface area contributed by atoms with Gasteiger partial charge < -0.3 is 18.9 Å². The van der Waals surface area contributed by atoms with Crippen molar-refractivity contribution in [2.75, 3.05) is 34.4 Å². The van der Waals surface area contributed by atoms with Crippen molar-refractivity contribution < 1.29 is 18.9 Å². The Hall–Kier alpha value is -0.600. The van der Waals surface area contributed by atoms with Crippen LogP contribution in [0.25, 0.3) is 0 Å². The molecule has 0 heterocycles. The molecule has 0 aromatic heterocycles. The van der Waals surface area contributed by atoms with Gasteiger partial charge in [-0.3, -0.25) is 0 Å². The lowest BCUT2D eigenvalue weighted by atomic mass is 10.1. The van der Waals surface area contributed by atoms with E-state index in [1.165, 1.54) is 51.4 Å². The summed E-state index contributed by atoms with van der Waals surface area (Å²) in [4.78, 5) is 0. The summed E-state index contributed by atoms with van der Waals surface area (Å²) in [5, 5.41) is 0. The summed E-state index contributed by atoms with van der Waals surface area (Å²) in [6.07, 6.45) is 13.0. The van der Waals surface area contributed by atoms with Crippen molar-refractivity contribution in [1.82, 2.24) is 0 Å². The van der Waals surface area contributed by atoms with E-state index in [4.69, 9.17) is 18.9 Å². The number of rotatable bonds is 17. The largest absolute Gasteiger partial charge is 0.359 e. The minimum absolute atomic E-state index is 0.0311. The molecular weight excluding hydrogens is 304 g/mol. The van der Waals surface area contributed by atoms with Crippen molar-refractivity contribution in [3.05, 3.63) is 0 Å². The Morgan fingerprint density at radius 1 is 0.792 bits per heavy atom. The van der Waals surface area contributed by atoms with Gasteiger partial charge in [-0.2, -0.15) is 0 Å². The number of hydrogen-bond donors (Lipinski definition) is 0. The Kier molecular flexibility index (Phi) is 19.9. The van der Waals surface area contributed by atoms with E-state index in [9.17, 15) is 0 Å². The average molecular weight is 343 g/mol. The Morgan fingerprint density at radius 2 is 1.50 bits per heavy atom. The van der Waals surface area contributed by atoms with E-state index in [-0.39, 0.29) is 6.10 Å². The zero-order valence-electron chi connectivity index (χ0n) is 16.1. The van der Waals surface area contributed by atoms with Gasteiger partial charge in [-0.05, 0) is 25.7 Å². The molecule has 0 amide bonds. The van der Waals surface area contributed by atoms with E-state index in [0.717, 1.165) is 25.9 Å². The first kappa shape index (κ1) is 23.4. The number of methoxy groups -OCH3 is 2. The third-order valence-electron chi connectivity index (χ3n) is 3.76. The van der Waals surface area contributed by atoms with Gasteiger partial charge in [-0.25, -0.2) is 0 Å². The van der Waals surface area contributed by atoms with Gasteiger partial charge in [0.25, 0.3) is 0 Å². The molecule has 0 fully saturated rings. The van der Waals surface area contributed by atoms with Gasteiger partial charge in [0, 0.05) is 27.2 Å². The first-order valence-corrected chi connectivity index (χ1v) is 9.50. The van der Waals surface area contributed by atoms with Crippen molar-refractivity contribution >= 4 is 0 Å². The monoisotopic (exact) mass is 342 g/mol. The minimum atomic E-state index is 0.0311. The number of hydrogen-bond acceptors (Lipinski definition) is 4. The molecule has 0 rings (SSSR count). The van der Waals surface area contributed by atoms with Gasteiger partial charge in [0.05, 0.1) is 0 Å². The van der Waals surface area contributed by atoms with Crippen LogP contribution < -0.4 is 0 Å². The van der Waals surface area contributed by atoms with Crippen LogP contribution in [0.3, 0.4) is 0 Å². The molecule has 1 atom stereocenters. The molecule has 142 valence electrons. The van der Waals surface area contributed by atoms with Gasteiger partial charge in [-0.15, -0.1) is 5.92 Å². The SMILES string of the molecule is CCCCC[C@@H](C#CCCCCCCCCOCOC)OCOC. The highest BCUT2D eigenvalue weighted by Gasteiger charge is 2.04. The summed E-state index contributed by atoms with van der Waals surface area (Å²) in [5.41, 5.74) is 0. The highest BCUT2D eigenvalue weighted by molar-refractivity contribution is 5.05. The second-order valence-electron chi connectivity index (χ2n) is 6.06. The summed E-state index contributed by atoms with van der Waals surface area (Å²) >= 11 is 0. The fraction of sp³-hybridized carbons (Fsp3) is 0.900. The normalized spacial score (nSPS) is 12.0. The van der Waals surface area contributed by atoms with Crippen LogP contribution in [0.4, 0.5) is 0 Å². The summed E-state index contributed by atoms with van der Waals surface area (Å²) in [6, 6.07) is 0. The van der Waals surface area contributed by atoms with Gasteiger partial charge in [-0.1, -0.05) is 51.4 Å². The van der Waals surface area contributed by atoms with Crippen molar-refractivity contribution in [2.45, 2.75) is 83.7 Å². The van der Waals surface area contributed by atoms with Crippen LogP contribution in [0, 0.1) is 11.8 Å². The molecule has 0 aromatic carbocycles. The molecule has 0 saturated heterocycles. The molecular formula is C20H38O4. The molecule has 4 nitrogen and oxygen atoms in total. The van der Waals surface area contributed by atoms with E-state index in [1.807, 2.05) is 0 Å². The van der Waals surface area contributed by atoms with Gasteiger partial charge in [0.15, 0.2) is 0 Å². The maximum Gasteiger partial charge on any atom is 0.148 e. The summed E-state index contributed by atoms with van der Waals surface area (Å²) in [6.45, 7) is 3.76. The molecule has 0 bridgehead atoms. The predicted molar refractivity (Wildman–Crippen MR) is 98.8 cm³/mol. The van der Waals surface area contributed by atoms with Gasteiger partial charge in [0.2, 0.25) is 0 Å². The molecule has 0 aliphatic heterocycles. The molecule has 24 heavy (non-hydrogen) atoms. The topological polar surface area (TPSA) is 36.9 Å². The van der Waals surface area contributed by atoms with Crippen LogP contribution in [-0.4, -0.2) is 40.5 Å². The fourth-order valence-electron chi connectivity index (χ4n) is 2.38. The Morgan fingerprint density at radius 3 is 2.21 bits per heavy atom.